The van der Waals surface area contributed by atoms with Gasteiger partial charge in [0, 0.05) is 13.1 Å². The van der Waals surface area contributed by atoms with Gasteiger partial charge in [0.05, 0.1) is 0 Å². The fourth-order valence-electron chi connectivity index (χ4n) is 1.21. The molecule has 0 N–H and O–H groups in total. The summed E-state index contributed by atoms with van der Waals surface area (Å²) in [5.41, 5.74) is 0.437. The number of amides is 1. The van der Waals surface area contributed by atoms with Crippen molar-refractivity contribution in [3.05, 3.63) is 29.0 Å². The van der Waals surface area contributed by atoms with Crippen LogP contribution < -0.4 is 0 Å². The molecule has 68 valence electrons. The Balaban J connectivity index is 2.19. The van der Waals surface area contributed by atoms with Crippen molar-refractivity contribution in [2.45, 2.75) is 6.42 Å². The van der Waals surface area contributed by atoms with E-state index >= 15 is 0 Å². The molecule has 0 radical (unpaired) electrons. The topological polar surface area (TPSA) is 33.2 Å². The van der Waals surface area contributed by atoms with Crippen LogP contribution in [0.4, 0.5) is 0 Å². The molecular formula is C9H9ClN2O. The summed E-state index contributed by atoms with van der Waals surface area (Å²) in [4.78, 5) is 17.3. The van der Waals surface area contributed by atoms with E-state index in [-0.39, 0.29) is 5.91 Å². The molecule has 1 aromatic rings. The Bertz CT molecular complexity index is 336. The number of carbonyl (C=O) groups excluding carboxylic acids is 1. The summed E-state index contributed by atoms with van der Waals surface area (Å²) in [6.45, 7) is 1.68. The maximum atomic E-state index is 11.6. The summed E-state index contributed by atoms with van der Waals surface area (Å²) in [6.07, 6.45) is 1.09. The molecule has 13 heavy (non-hydrogen) atoms. The predicted molar refractivity (Wildman–Crippen MR) is 49.8 cm³/mol. The van der Waals surface area contributed by atoms with Crippen LogP contribution in [-0.4, -0.2) is 28.9 Å². The summed E-state index contributed by atoms with van der Waals surface area (Å²) < 4.78 is 0. The number of aromatic nitrogens is 1. The maximum absolute atomic E-state index is 11.6. The van der Waals surface area contributed by atoms with Crippen molar-refractivity contribution in [3.63, 3.8) is 0 Å². The minimum Gasteiger partial charge on any atom is -0.337 e. The highest BCUT2D eigenvalue weighted by atomic mass is 35.5. The van der Waals surface area contributed by atoms with Crippen molar-refractivity contribution < 1.29 is 4.79 Å². The minimum absolute atomic E-state index is 0.0197. The van der Waals surface area contributed by atoms with Gasteiger partial charge in [0.25, 0.3) is 5.91 Å². The van der Waals surface area contributed by atoms with E-state index in [1.807, 2.05) is 0 Å². The van der Waals surface area contributed by atoms with Crippen molar-refractivity contribution in [1.29, 1.82) is 0 Å². The first kappa shape index (κ1) is 8.51. The quantitative estimate of drug-likeness (QED) is 0.639. The number of hydrogen-bond acceptors (Lipinski definition) is 2. The zero-order valence-electron chi connectivity index (χ0n) is 7.03. The summed E-state index contributed by atoms with van der Waals surface area (Å²) >= 11 is 5.67. The average Bonchev–Trinajstić information content (AvgIpc) is 2.01. The van der Waals surface area contributed by atoms with Crippen LogP contribution in [0.1, 0.15) is 16.9 Å². The Labute approximate surface area is 81.3 Å². The molecule has 1 amide bonds. The number of likely N-dealkylation sites (tertiary alicyclic amines) is 1. The number of hydrogen-bond donors (Lipinski definition) is 0. The average molecular weight is 197 g/mol. The second-order valence-electron chi connectivity index (χ2n) is 2.99. The second kappa shape index (κ2) is 3.34. The largest absolute Gasteiger partial charge is 0.337 e. The van der Waals surface area contributed by atoms with Crippen LogP contribution in [0.15, 0.2) is 18.2 Å². The van der Waals surface area contributed by atoms with Gasteiger partial charge in [-0.2, -0.15) is 0 Å². The zero-order valence-corrected chi connectivity index (χ0v) is 7.79. The molecule has 0 aromatic carbocycles. The van der Waals surface area contributed by atoms with E-state index in [0.717, 1.165) is 19.5 Å². The third kappa shape index (κ3) is 1.65. The first-order valence-electron chi connectivity index (χ1n) is 4.19. The van der Waals surface area contributed by atoms with Crippen LogP contribution >= 0.6 is 11.6 Å². The van der Waals surface area contributed by atoms with E-state index in [1.54, 1.807) is 23.1 Å². The summed E-state index contributed by atoms with van der Waals surface area (Å²) in [6, 6.07) is 5.09. The molecule has 0 unspecified atom stereocenters. The molecule has 1 aliphatic heterocycles. The van der Waals surface area contributed by atoms with Crippen molar-refractivity contribution in [1.82, 2.24) is 9.88 Å². The highest BCUT2D eigenvalue weighted by molar-refractivity contribution is 6.29. The van der Waals surface area contributed by atoms with E-state index < -0.39 is 0 Å². The maximum Gasteiger partial charge on any atom is 0.272 e. The van der Waals surface area contributed by atoms with Gasteiger partial charge in [0.15, 0.2) is 0 Å². The lowest BCUT2D eigenvalue weighted by Gasteiger charge is -2.30. The highest BCUT2D eigenvalue weighted by Gasteiger charge is 2.22. The third-order valence-corrected chi connectivity index (χ3v) is 2.29. The van der Waals surface area contributed by atoms with Crippen LogP contribution in [0.25, 0.3) is 0 Å². The Kier molecular flexibility index (Phi) is 2.19. The van der Waals surface area contributed by atoms with Gasteiger partial charge in [0.1, 0.15) is 10.8 Å². The number of pyridine rings is 1. The smallest absolute Gasteiger partial charge is 0.272 e. The summed E-state index contributed by atoms with van der Waals surface area (Å²) in [5, 5.41) is 0.367. The van der Waals surface area contributed by atoms with Crippen molar-refractivity contribution >= 4 is 17.5 Å². The van der Waals surface area contributed by atoms with Crippen LogP contribution in [0.2, 0.25) is 5.15 Å². The molecule has 0 bridgehead atoms. The monoisotopic (exact) mass is 196 g/mol. The second-order valence-corrected chi connectivity index (χ2v) is 3.38. The highest BCUT2D eigenvalue weighted by Crippen LogP contribution is 2.12. The molecule has 2 rings (SSSR count). The molecule has 1 aliphatic rings. The van der Waals surface area contributed by atoms with E-state index in [2.05, 4.69) is 4.98 Å². The molecule has 4 heteroatoms. The Hall–Kier alpha value is -1.09. The van der Waals surface area contributed by atoms with Crippen molar-refractivity contribution in [2.24, 2.45) is 0 Å². The molecule has 0 spiro atoms. The summed E-state index contributed by atoms with van der Waals surface area (Å²) in [5.74, 6) is -0.0197. The van der Waals surface area contributed by atoms with E-state index in [0.29, 0.717) is 10.8 Å². The molecule has 1 aromatic heterocycles. The first-order valence-corrected chi connectivity index (χ1v) is 4.57. The van der Waals surface area contributed by atoms with Gasteiger partial charge in [-0.1, -0.05) is 17.7 Å². The van der Waals surface area contributed by atoms with E-state index in [9.17, 15) is 4.79 Å². The molecule has 0 atom stereocenters. The normalized spacial score (nSPS) is 15.3. The Morgan fingerprint density at radius 1 is 1.46 bits per heavy atom. The Morgan fingerprint density at radius 3 is 2.77 bits per heavy atom. The van der Waals surface area contributed by atoms with Gasteiger partial charge in [-0.15, -0.1) is 0 Å². The van der Waals surface area contributed by atoms with Crippen molar-refractivity contribution in [3.8, 4) is 0 Å². The van der Waals surface area contributed by atoms with Crippen molar-refractivity contribution in [2.75, 3.05) is 13.1 Å². The number of carbonyl (C=O) groups is 1. The number of nitrogens with zero attached hydrogens (tertiary/aromatic N) is 2. The van der Waals surface area contributed by atoms with Gasteiger partial charge in [0.2, 0.25) is 0 Å². The molecule has 0 saturated carbocycles. The fraction of sp³-hybridized carbons (Fsp3) is 0.333. The van der Waals surface area contributed by atoms with Gasteiger partial charge >= 0.3 is 0 Å². The lowest BCUT2D eigenvalue weighted by atomic mass is 10.2. The SMILES string of the molecule is O=C(c1cccc(Cl)n1)N1CCC1. The zero-order chi connectivity index (χ0) is 9.26. The van der Waals surface area contributed by atoms with Gasteiger partial charge in [-0.05, 0) is 18.6 Å². The lowest BCUT2D eigenvalue weighted by molar-refractivity contribution is 0.0645. The van der Waals surface area contributed by atoms with Crippen LogP contribution in [0.5, 0.6) is 0 Å². The predicted octanol–water partition coefficient (Wildman–Crippen LogP) is 1.58. The first-order chi connectivity index (χ1) is 6.27. The third-order valence-electron chi connectivity index (χ3n) is 2.08. The van der Waals surface area contributed by atoms with Gasteiger partial charge in [-0.25, -0.2) is 4.98 Å². The number of rotatable bonds is 1. The molecule has 0 aliphatic carbocycles. The minimum atomic E-state index is -0.0197. The molecule has 2 heterocycles. The molecule has 1 saturated heterocycles. The van der Waals surface area contributed by atoms with Crippen LogP contribution in [0, 0.1) is 0 Å². The van der Waals surface area contributed by atoms with E-state index in [1.165, 1.54) is 0 Å². The van der Waals surface area contributed by atoms with Gasteiger partial charge < -0.3 is 4.90 Å². The Morgan fingerprint density at radius 2 is 2.23 bits per heavy atom. The molecule has 3 nitrogen and oxygen atoms in total. The molecular weight excluding hydrogens is 188 g/mol. The number of halogens is 1. The molecule has 1 fully saturated rings. The standard InChI is InChI=1S/C9H9ClN2O/c10-8-4-1-3-7(11-8)9(13)12-5-2-6-12/h1,3-4H,2,5-6H2. The van der Waals surface area contributed by atoms with E-state index in [4.69, 9.17) is 11.6 Å². The fourth-order valence-corrected chi connectivity index (χ4v) is 1.37. The van der Waals surface area contributed by atoms with Crippen LogP contribution in [-0.2, 0) is 0 Å². The summed E-state index contributed by atoms with van der Waals surface area (Å²) in [7, 11) is 0. The lowest BCUT2D eigenvalue weighted by Crippen LogP contribution is -2.42. The van der Waals surface area contributed by atoms with Gasteiger partial charge in [-0.3, -0.25) is 4.79 Å². The van der Waals surface area contributed by atoms with Crippen LogP contribution in [0.3, 0.4) is 0 Å².